The number of nitrogens with zero attached hydrogens (tertiary/aromatic N) is 2. The Morgan fingerprint density at radius 1 is 1.40 bits per heavy atom. The van der Waals surface area contributed by atoms with Gasteiger partial charge in [0.25, 0.3) is 0 Å². The lowest BCUT2D eigenvalue weighted by Crippen LogP contribution is -2.12. The summed E-state index contributed by atoms with van der Waals surface area (Å²) in [4.78, 5) is 4.45. The van der Waals surface area contributed by atoms with E-state index in [1.807, 2.05) is 24.3 Å². The number of hydrogen-bond acceptors (Lipinski definition) is 5. The van der Waals surface area contributed by atoms with Gasteiger partial charge >= 0.3 is 0 Å². The topological polar surface area (TPSA) is 74.2 Å². The minimum Gasteiger partial charge on any atom is -0.497 e. The molecule has 0 saturated heterocycles. The first-order valence-electron chi connectivity index (χ1n) is 6.92. The van der Waals surface area contributed by atoms with Gasteiger partial charge in [-0.15, -0.1) is 0 Å². The Labute approximate surface area is 119 Å². The summed E-state index contributed by atoms with van der Waals surface area (Å²) in [5, 5.41) is 4.04. The van der Waals surface area contributed by atoms with E-state index < -0.39 is 0 Å². The number of rotatable bonds is 7. The van der Waals surface area contributed by atoms with Crippen molar-refractivity contribution >= 4 is 0 Å². The maximum atomic E-state index is 5.75. The largest absolute Gasteiger partial charge is 0.497 e. The van der Waals surface area contributed by atoms with E-state index >= 15 is 0 Å². The van der Waals surface area contributed by atoms with Crippen molar-refractivity contribution in [2.24, 2.45) is 5.73 Å². The van der Waals surface area contributed by atoms with E-state index in [0.717, 1.165) is 24.2 Å². The van der Waals surface area contributed by atoms with Gasteiger partial charge in [0.15, 0.2) is 5.82 Å². The van der Waals surface area contributed by atoms with Crippen LogP contribution in [0.1, 0.15) is 43.0 Å². The standard InChI is InChI=1S/C15H21N3O2/c1-3-5-12(10-16)15-17-14(18-20-15)9-11-6-4-7-13(8-11)19-2/h4,6-8,12H,3,5,9-10,16H2,1-2H3. The molecule has 1 unspecified atom stereocenters. The summed E-state index contributed by atoms with van der Waals surface area (Å²) >= 11 is 0. The molecule has 5 nitrogen and oxygen atoms in total. The van der Waals surface area contributed by atoms with E-state index in [4.69, 9.17) is 15.0 Å². The van der Waals surface area contributed by atoms with Crippen molar-refractivity contribution in [2.45, 2.75) is 32.1 Å². The lowest BCUT2D eigenvalue weighted by Gasteiger charge is -2.06. The van der Waals surface area contributed by atoms with Gasteiger partial charge in [-0.1, -0.05) is 30.6 Å². The van der Waals surface area contributed by atoms with Gasteiger partial charge in [0.2, 0.25) is 5.89 Å². The lowest BCUT2D eigenvalue weighted by molar-refractivity contribution is 0.344. The maximum Gasteiger partial charge on any atom is 0.231 e. The average Bonchev–Trinajstić information content (AvgIpc) is 2.93. The number of aromatic nitrogens is 2. The van der Waals surface area contributed by atoms with E-state index in [2.05, 4.69) is 17.1 Å². The van der Waals surface area contributed by atoms with Gasteiger partial charge in [0.05, 0.1) is 13.0 Å². The molecule has 0 fully saturated rings. The fourth-order valence-corrected chi connectivity index (χ4v) is 2.16. The van der Waals surface area contributed by atoms with Gasteiger partial charge in [-0.25, -0.2) is 0 Å². The van der Waals surface area contributed by atoms with Gasteiger partial charge in [0, 0.05) is 13.0 Å². The van der Waals surface area contributed by atoms with Crippen molar-refractivity contribution in [3.63, 3.8) is 0 Å². The van der Waals surface area contributed by atoms with Crippen molar-refractivity contribution in [2.75, 3.05) is 13.7 Å². The number of methoxy groups -OCH3 is 1. The first kappa shape index (κ1) is 14.5. The first-order chi connectivity index (χ1) is 9.76. The van der Waals surface area contributed by atoms with Crippen molar-refractivity contribution in [1.29, 1.82) is 0 Å². The Kier molecular flexibility index (Phi) is 5.12. The first-order valence-corrected chi connectivity index (χ1v) is 6.92. The summed E-state index contributed by atoms with van der Waals surface area (Å²) in [6.07, 6.45) is 2.65. The zero-order chi connectivity index (χ0) is 14.4. The molecule has 1 heterocycles. The molecule has 0 bridgehead atoms. The number of hydrogen-bond donors (Lipinski definition) is 1. The Bertz CT molecular complexity index is 539. The van der Waals surface area contributed by atoms with E-state index in [1.54, 1.807) is 7.11 Å². The Morgan fingerprint density at radius 2 is 2.25 bits per heavy atom. The van der Waals surface area contributed by atoms with Gasteiger partial charge < -0.3 is 15.0 Å². The van der Waals surface area contributed by atoms with Crippen molar-refractivity contribution in [3.05, 3.63) is 41.5 Å². The van der Waals surface area contributed by atoms with Crippen LogP contribution in [0.3, 0.4) is 0 Å². The van der Waals surface area contributed by atoms with Crippen LogP contribution in [0.2, 0.25) is 0 Å². The van der Waals surface area contributed by atoms with Gasteiger partial charge in [-0.05, 0) is 24.1 Å². The van der Waals surface area contributed by atoms with Crippen LogP contribution in [-0.4, -0.2) is 23.8 Å². The van der Waals surface area contributed by atoms with Crippen LogP contribution in [0, 0.1) is 0 Å². The van der Waals surface area contributed by atoms with Crippen LogP contribution in [-0.2, 0) is 6.42 Å². The van der Waals surface area contributed by atoms with Crippen LogP contribution in [0.25, 0.3) is 0 Å². The normalized spacial score (nSPS) is 12.3. The highest BCUT2D eigenvalue weighted by Gasteiger charge is 2.16. The molecule has 0 saturated carbocycles. The van der Waals surface area contributed by atoms with Gasteiger partial charge in [0.1, 0.15) is 5.75 Å². The predicted octanol–water partition coefficient (Wildman–Crippen LogP) is 2.51. The molecule has 0 aliphatic carbocycles. The summed E-state index contributed by atoms with van der Waals surface area (Å²) < 4.78 is 10.5. The SMILES string of the molecule is CCCC(CN)c1nc(Cc2cccc(OC)c2)no1. The molecule has 0 spiro atoms. The smallest absolute Gasteiger partial charge is 0.231 e. The highest BCUT2D eigenvalue weighted by Crippen LogP contribution is 2.20. The molecule has 2 N–H and O–H groups in total. The molecule has 0 radical (unpaired) electrons. The third-order valence-electron chi connectivity index (χ3n) is 3.25. The Morgan fingerprint density at radius 3 is 2.95 bits per heavy atom. The zero-order valence-electron chi connectivity index (χ0n) is 12.0. The van der Waals surface area contributed by atoms with E-state index in [-0.39, 0.29) is 5.92 Å². The second kappa shape index (κ2) is 7.05. The molecule has 1 atom stereocenters. The highest BCUT2D eigenvalue weighted by molar-refractivity contribution is 5.30. The summed E-state index contributed by atoms with van der Waals surface area (Å²) in [6.45, 7) is 2.66. The van der Waals surface area contributed by atoms with Crippen LogP contribution < -0.4 is 10.5 Å². The van der Waals surface area contributed by atoms with Crippen LogP contribution >= 0.6 is 0 Å². The fourth-order valence-electron chi connectivity index (χ4n) is 2.16. The minimum atomic E-state index is 0.159. The third-order valence-corrected chi connectivity index (χ3v) is 3.25. The molecule has 2 rings (SSSR count). The van der Waals surface area contributed by atoms with Gasteiger partial charge in [-0.3, -0.25) is 0 Å². The molecular weight excluding hydrogens is 254 g/mol. The van der Waals surface area contributed by atoms with Crippen LogP contribution in [0.5, 0.6) is 5.75 Å². The molecular formula is C15H21N3O2. The molecule has 1 aromatic heterocycles. The number of ether oxygens (including phenoxy) is 1. The summed E-state index contributed by atoms with van der Waals surface area (Å²) in [5.41, 5.74) is 6.84. The van der Waals surface area contributed by atoms with Gasteiger partial charge in [-0.2, -0.15) is 4.98 Å². The third kappa shape index (κ3) is 3.57. The summed E-state index contributed by atoms with van der Waals surface area (Å²) in [5.74, 6) is 2.32. The van der Waals surface area contributed by atoms with Crippen molar-refractivity contribution < 1.29 is 9.26 Å². The quantitative estimate of drug-likeness (QED) is 0.840. The minimum absolute atomic E-state index is 0.159. The Hall–Kier alpha value is -1.88. The molecule has 0 amide bonds. The average molecular weight is 275 g/mol. The van der Waals surface area contributed by atoms with E-state index in [9.17, 15) is 0 Å². The molecule has 20 heavy (non-hydrogen) atoms. The molecule has 1 aromatic carbocycles. The Balaban J connectivity index is 2.08. The second-order valence-corrected chi connectivity index (χ2v) is 4.80. The van der Waals surface area contributed by atoms with Crippen LogP contribution in [0.4, 0.5) is 0 Å². The molecule has 108 valence electrons. The molecule has 0 aliphatic heterocycles. The highest BCUT2D eigenvalue weighted by atomic mass is 16.5. The summed E-state index contributed by atoms with van der Waals surface area (Å²) in [7, 11) is 1.65. The van der Waals surface area contributed by atoms with Crippen LogP contribution in [0.15, 0.2) is 28.8 Å². The predicted molar refractivity (Wildman–Crippen MR) is 76.8 cm³/mol. The number of nitrogens with two attached hydrogens (primary N) is 1. The maximum absolute atomic E-state index is 5.75. The zero-order valence-corrected chi connectivity index (χ0v) is 12.0. The van der Waals surface area contributed by atoms with Crippen molar-refractivity contribution in [3.8, 4) is 5.75 Å². The molecule has 5 heteroatoms. The lowest BCUT2D eigenvalue weighted by atomic mass is 10.0. The molecule has 0 aliphatic rings. The summed E-state index contributed by atoms with van der Waals surface area (Å²) in [6, 6.07) is 7.86. The van der Waals surface area contributed by atoms with E-state index in [1.165, 1.54) is 0 Å². The fraction of sp³-hybridized carbons (Fsp3) is 0.467. The van der Waals surface area contributed by atoms with Crippen molar-refractivity contribution in [1.82, 2.24) is 10.1 Å². The number of benzene rings is 1. The monoisotopic (exact) mass is 275 g/mol. The second-order valence-electron chi connectivity index (χ2n) is 4.80. The van der Waals surface area contributed by atoms with E-state index in [0.29, 0.717) is 24.7 Å². The molecule has 2 aromatic rings.